The van der Waals surface area contributed by atoms with Gasteiger partial charge in [0.1, 0.15) is 5.54 Å². The molecule has 0 radical (unpaired) electrons. The highest BCUT2D eigenvalue weighted by Crippen LogP contribution is 2.33. The lowest BCUT2D eigenvalue weighted by molar-refractivity contribution is -0.148. The fourth-order valence-corrected chi connectivity index (χ4v) is 2.76. The van der Waals surface area contributed by atoms with Crippen LogP contribution in [0.1, 0.15) is 39.5 Å². The summed E-state index contributed by atoms with van der Waals surface area (Å²) in [6.45, 7) is 4.91. The van der Waals surface area contributed by atoms with Crippen molar-refractivity contribution < 1.29 is 19.8 Å². The monoisotopic (exact) mass is 272 g/mol. The van der Waals surface area contributed by atoms with Crippen molar-refractivity contribution in [1.29, 1.82) is 0 Å². The molecule has 1 aliphatic heterocycles. The van der Waals surface area contributed by atoms with Gasteiger partial charge in [0.25, 0.3) is 0 Å². The third kappa shape index (κ3) is 3.00. The third-order valence-electron chi connectivity index (χ3n) is 3.84. The largest absolute Gasteiger partial charge is 0.479 e. The summed E-state index contributed by atoms with van der Waals surface area (Å²) < 4.78 is 0. The Morgan fingerprint density at radius 3 is 2.47 bits per heavy atom. The lowest BCUT2D eigenvalue weighted by Gasteiger charge is -2.37. The summed E-state index contributed by atoms with van der Waals surface area (Å²) >= 11 is 0. The number of hydrogen-bond donors (Lipinski definition) is 2. The Bertz CT molecular complexity index is 329. The summed E-state index contributed by atoms with van der Waals surface area (Å²) in [5.74, 6) is -0.929. The van der Waals surface area contributed by atoms with Crippen LogP contribution >= 0.6 is 0 Å². The van der Waals surface area contributed by atoms with Gasteiger partial charge in [0.05, 0.1) is 6.61 Å². The predicted octanol–water partition coefficient (Wildman–Crippen LogP) is 1.14. The van der Waals surface area contributed by atoms with Gasteiger partial charge in [-0.1, -0.05) is 13.8 Å². The molecule has 0 aliphatic carbocycles. The molecule has 2 N–H and O–H groups in total. The van der Waals surface area contributed by atoms with Crippen LogP contribution in [0.5, 0.6) is 0 Å². The van der Waals surface area contributed by atoms with E-state index in [0.29, 0.717) is 32.4 Å². The van der Waals surface area contributed by atoms with Crippen LogP contribution in [-0.4, -0.2) is 63.8 Å². The van der Waals surface area contributed by atoms with Gasteiger partial charge in [-0.05, 0) is 25.7 Å². The molecule has 110 valence electrons. The number of nitrogens with zero attached hydrogens (tertiary/aromatic N) is 2. The molecule has 0 aromatic heterocycles. The average Bonchev–Trinajstić information content (AvgIpc) is 2.82. The maximum Gasteiger partial charge on any atom is 0.329 e. The molecule has 1 aliphatic rings. The van der Waals surface area contributed by atoms with Crippen molar-refractivity contribution >= 4 is 12.0 Å². The van der Waals surface area contributed by atoms with Crippen LogP contribution in [0.4, 0.5) is 4.79 Å². The van der Waals surface area contributed by atoms with E-state index >= 15 is 0 Å². The number of carboxylic acid groups (broad SMARTS) is 1. The van der Waals surface area contributed by atoms with Gasteiger partial charge >= 0.3 is 12.0 Å². The first kappa shape index (κ1) is 15.8. The molecule has 2 amide bonds. The third-order valence-corrected chi connectivity index (χ3v) is 3.84. The fraction of sp³-hybridized carbons (Fsp3) is 0.846. The first-order valence-electron chi connectivity index (χ1n) is 6.94. The van der Waals surface area contributed by atoms with E-state index in [9.17, 15) is 14.7 Å². The van der Waals surface area contributed by atoms with Crippen LogP contribution in [0, 0.1) is 0 Å². The van der Waals surface area contributed by atoms with E-state index in [4.69, 9.17) is 5.11 Å². The molecule has 1 saturated heterocycles. The number of aliphatic hydroxyl groups is 1. The Hall–Kier alpha value is -1.30. The van der Waals surface area contributed by atoms with Crippen molar-refractivity contribution in [3.05, 3.63) is 0 Å². The van der Waals surface area contributed by atoms with E-state index in [0.717, 1.165) is 6.42 Å². The van der Waals surface area contributed by atoms with E-state index in [2.05, 4.69) is 0 Å². The summed E-state index contributed by atoms with van der Waals surface area (Å²) in [5.41, 5.74) is -1.07. The summed E-state index contributed by atoms with van der Waals surface area (Å²) in [6, 6.07) is -0.266. The van der Waals surface area contributed by atoms with Gasteiger partial charge in [0, 0.05) is 19.6 Å². The minimum absolute atomic E-state index is 0.105. The second-order valence-corrected chi connectivity index (χ2v) is 4.94. The fourth-order valence-electron chi connectivity index (χ4n) is 2.76. The zero-order chi connectivity index (χ0) is 14.5. The quantitative estimate of drug-likeness (QED) is 0.759. The molecule has 1 atom stereocenters. The SMILES string of the molecule is CCCN(CCO)C(=O)N1CCCC1(CC)C(=O)O. The van der Waals surface area contributed by atoms with Crippen LogP contribution in [0.15, 0.2) is 0 Å². The van der Waals surface area contributed by atoms with Crippen molar-refractivity contribution in [2.75, 3.05) is 26.2 Å². The van der Waals surface area contributed by atoms with Crippen molar-refractivity contribution in [2.24, 2.45) is 0 Å². The Labute approximate surface area is 114 Å². The molecular formula is C13H24N2O4. The highest BCUT2D eigenvalue weighted by molar-refractivity contribution is 5.87. The number of likely N-dealkylation sites (tertiary alicyclic amines) is 1. The lowest BCUT2D eigenvalue weighted by atomic mass is 9.93. The number of hydrogen-bond acceptors (Lipinski definition) is 3. The first-order chi connectivity index (χ1) is 9.03. The van der Waals surface area contributed by atoms with Crippen molar-refractivity contribution in [3.8, 4) is 0 Å². The number of amides is 2. The second kappa shape index (κ2) is 6.75. The zero-order valence-electron chi connectivity index (χ0n) is 11.8. The first-order valence-corrected chi connectivity index (χ1v) is 6.94. The van der Waals surface area contributed by atoms with Gasteiger partial charge in [0.2, 0.25) is 0 Å². The van der Waals surface area contributed by atoms with Gasteiger partial charge in [0.15, 0.2) is 0 Å². The smallest absolute Gasteiger partial charge is 0.329 e. The maximum absolute atomic E-state index is 12.5. The number of carbonyl (C=O) groups is 2. The molecule has 0 aromatic carbocycles. The Morgan fingerprint density at radius 2 is 2.00 bits per heavy atom. The van der Waals surface area contributed by atoms with Gasteiger partial charge in [-0.2, -0.15) is 0 Å². The van der Waals surface area contributed by atoms with Crippen LogP contribution in [0.2, 0.25) is 0 Å². The van der Waals surface area contributed by atoms with Gasteiger partial charge in [-0.3, -0.25) is 0 Å². The van der Waals surface area contributed by atoms with E-state index in [1.807, 2.05) is 6.92 Å². The minimum Gasteiger partial charge on any atom is -0.479 e. The van der Waals surface area contributed by atoms with Crippen LogP contribution in [-0.2, 0) is 4.79 Å². The molecule has 0 aromatic rings. The molecule has 6 heteroatoms. The molecule has 0 spiro atoms. The summed E-state index contributed by atoms with van der Waals surface area (Å²) in [4.78, 5) is 27.0. The molecule has 1 heterocycles. The number of aliphatic hydroxyl groups excluding tert-OH is 1. The maximum atomic E-state index is 12.5. The molecular weight excluding hydrogens is 248 g/mol. The van der Waals surface area contributed by atoms with Gasteiger partial charge in [-0.15, -0.1) is 0 Å². The summed E-state index contributed by atoms with van der Waals surface area (Å²) in [5, 5.41) is 18.5. The van der Waals surface area contributed by atoms with Gasteiger partial charge in [-0.25, -0.2) is 9.59 Å². The number of urea groups is 1. The minimum atomic E-state index is -1.07. The second-order valence-electron chi connectivity index (χ2n) is 4.94. The topological polar surface area (TPSA) is 81.1 Å². The molecule has 1 unspecified atom stereocenters. The normalized spacial score (nSPS) is 22.6. The summed E-state index contributed by atoms with van der Waals surface area (Å²) in [6.07, 6.45) is 2.41. The average molecular weight is 272 g/mol. The molecule has 19 heavy (non-hydrogen) atoms. The zero-order valence-corrected chi connectivity index (χ0v) is 11.8. The van der Waals surface area contributed by atoms with Crippen LogP contribution in [0.25, 0.3) is 0 Å². The Balaban J connectivity index is 2.92. The highest BCUT2D eigenvalue weighted by Gasteiger charge is 2.49. The number of carbonyl (C=O) groups excluding carboxylic acids is 1. The van der Waals surface area contributed by atoms with E-state index in [-0.39, 0.29) is 19.2 Å². The molecule has 1 rings (SSSR count). The number of rotatable bonds is 6. The van der Waals surface area contributed by atoms with Crippen LogP contribution < -0.4 is 0 Å². The highest BCUT2D eigenvalue weighted by atomic mass is 16.4. The van der Waals surface area contributed by atoms with E-state index in [1.165, 1.54) is 4.90 Å². The molecule has 6 nitrogen and oxygen atoms in total. The standard InChI is InChI=1S/C13H24N2O4/c1-3-7-14(9-10-16)12(19)15-8-5-6-13(15,4-2)11(17)18/h16H,3-10H2,1-2H3,(H,17,18). The molecule has 1 fully saturated rings. The van der Waals surface area contributed by atoms with E-state index < -0.39 is 11.5 Å². The van der Waals surface area contributed by atoms with Crippen molar-refractivity contribution in [1.82, 2.24) is 9.80 Å². The molecule has 0 bridgehead atoms. The Kier molecular flexibility index (Phi) is 5.60. The summed E-state index contributed by atoms with van der Waals surface area (Å²) in [7, 11) is 0. The Morgan fingerprint density at radius 1 is 1.32 bits per heavy atom. The van der Waals surface area contributed by atoms with Gasteiger partial charge < -0.3 is 20.0 Å². The number of aliphatic carboxylic acids is 1. The lowest BCUT2D eigenvalue weighted by Crippen LogP contribution is -2.57. The van der Waals surface area contributed by atoms with Crippen LogP contribution in [0.3, 0.4) is 0 Å². The number of carboxylic acids is 1. The van der Waals surface area contributed by atoms with Crippen molar-refractivity contribution in [3.63, 3.8) is 0 Å². The predicted molar refractivity (Wildman–Crippen MR) is 70.9 cm³/mol. The van der Waals surface area contributed by atoms with E-state index in [1.54, 1.807) is 11.8 Å². The van der Waals surface area contributed by atoms with Crippen molar-refractivity contribution in [2.45, 2.75) is 45.1 Å². The molecule has 0 saturated carbocycles.